The molecule has 0 amide bonds. The zero-order valence-corrected chi connectivity index (χ0v) is 19.3. The summed E-state index contributed by atoms with van der Waals surface area (Å²) in [7, 11) is -1.41. The van der Waals surface area contributed by atoms with E-state index in [1.165, 1.54) is 16.6 Å². The van der Waals surface area contributed by atoms with Gasteiger partial charge in [-0.2, -0.15) is 0 Å². The van der Waals surface area contributed by atoms with Crippen LogP contribution in [0.2, 0.25) is 0 Å². The maximum atomic E-state index is 13.9. The van der Waals surface area contributed by atoms with Crippen LogP contribution in [0.25, 0.3) is 0 Å². The number of hydrogen-bond donors (Lipinski definition) is 2. The predicted octanol–water partition coefficient (Wildman–Crippen LogP) is 0.864. The molecule has 0 aliphatic carbocycles. The average molecular weight is 526 g/mol. The number of halogens is 2. The van der Waals surface area contributed by atoms with Gasteiger partial charge in [0.2, 0.25) is 10.0 Å². The Morgan fingerprint density at radius 2 is 2.14 bits per heavy atom. The van der Waals surface area contributed by atoms with Gasteiger partial charge in [0.25, 0.3) is 0 Å². The first-order chi connectivity index (χ1) is 12.9. The second-order valence-corrected chi connectivity index (χ2v) is 9.10. The van der Waals surface area contributed by atoms with Crippen LogP contribution in [0.4, 0.5) is 10.2 Å². The second kappa shape index (κ2) is 10.0. The number of nitrogens with zero attached hydrogens (tertiary/aromatic N) is 4. The van der Waals surface area contributed by atoms with E-state index in [1.807, 2.05) is 4.90 Å². The third-order valence-corrected chi connectivity index (χ3v) is 6.34. The van der Waals surface area contributed by atoms with E-state index in [4.69, 9.17) is 0 Å². The van der Waals surface area contributed by atoms with Crippen molar-refractivity contribution in [3.63, 3.8) is 0 Å². The SMILES string of the molecule is CN=C(NCC1CCN(S(C)(=O)=O)C1)NC1CCN(c2ncccc2F)C1.I. The number of aliphatic imine (C=N–C) groups is 1. The van der Waals surface area contributed by atoms with E-state index >= 15 is 0 Å². The molecule has 3 rings (SSSR count). The molecule has 2 aliphatic rings. The van der Waals surface area contributed by atoms with Gasteiger partial charge in [-0.05, 0) is 30.9 Å². The van der Waals surface area contributed by atoms with E-state index in [0.717, 1.165) is 19.4 Å². The van der Waals surface area contributed by atoms with Crippen LogP contribution in [-0.4, -0.2) is 75.7 Å². The van der Waals surface area contributed by atoms with Crippen LogP contribution in [0.15, 0.2) is 23.3 Å². The molecule has 158 valence electrons. The lowest BCUT2D eigenvalue weighted by atomic mass is 10.1. The fourth-order valence-corrected chi connectivity index (χ4v) is 4.49. The molecule has 8 nitrogen and oxygen atoms in total. The largest absolute Gasteiger partial charge is 0.356 e. The van der Waals surface area contributed by atoms with Crippen LogP contribution in [0.1, 0.15) is 12.8 Å². The lowest BCUT2D eigenvalue weighted by Gasteiger charge is -2.21. The van der Waals surface area contributed by atoms with Crippen LogP contribution in [0, 0.1) is 11.7 Å². The van der Waals surface area contributed by atoms with Gasteiger partial charge in [0.15, 0.2) is 17.6 Å². The van der Waals surface area contributed by atoms with Gasteiger partial charge in [-0.15, -0.1) is 24.0 Å². The van der Waals surface area contributed by atoms with Gasteiger partial charge in [-0.1, -0.05) is 0 Å². The van der Waals surface area contributed by atoms with E-state index in [2.05, 4.69) is 20.6 Å². The second-order valence-electron chi connectivity index (χ2n) is 7.11. The number of rotatable bonds is 5. The molecule has 0 bridgehead atoms. The van der Waals surface area contributed by atoms with Crippen LogP contribution < -0.4 is 15.5 Å². The Labute approximate surface area is 183 Å². The topological polar surface area (TPSA) is 89.9 Å². The van der Waals surface area contributed by atoms with Crippen molar-refractivity contribution >= 4 is 45.8 Å². The van der Waals surface area contributed by atoms with Crippen LogP contribution in [0.3, 0.4) is 0 Å². The minimum atomic E-state index is -3.12. The van der Waals surface area contributed by atoms with E-state index in [1.54, 1.807) is 19.3 Å². The summed E-state index contributed by atoms with van der Waals surface area (Å²) in [6.07, 6.45) is 4.55. The molecule has 11 heteroatoms. The summed E-state index contributed by atoms with van der Waals surface area (Å²) in [5.41, 5.74) is 0. The van der Waals surface area contributed by atoms with Gasteiger partial charge in [-0.25, -0.2) is 22.1 Å². The maximum Gasteiger partial charge on any atom is 0.211 e. The molecular weight excluding hydrogens is 498 g/mol. The highest BCUT2D eigenvalue weighted by atomic mass is 127. The molecule has 28 heavy (non-hydrogen) atoms. The summed E-state index contributed by atoms with van der Waals surface area (Å²) in [4.78, 5) is 10.3. The number of guanidine groups is 1. The lowest BCUT2D eigenvalue weighted by Crippen LogP contribution is -2.46. The van der Waals surface area contributed by atoms with Crippen molar-refractivity contribution in [2.75, 3.05) is 50.9 Å². The number of anilines is 1. The standard InChI is InChI=1S/C17H27FN6O2S.HI/c1-19-17(21-10-13-5-9-24(11-13)27(2,25)26)22-14-6-8-23(12-14)16-15(18)4-3-7-20-16;/h3-4,7,13-14H,5-6,8-12H2,1-2H3,(H2,19,21,22);1H. The summed E-state index contributed by atoms with van der Waals surface area (Å²) in [5.74, 6) is 1.02. The Bertz CT molecular complexity index is 794. The van der Waals surface area contributed by atoms with Gasteiger partial charge < -0.3 is 15.5 Å². The molecule has 2 N–H and O–H groups in total. The average Bonchev–Trinajstić information content (AvgIpc) is 3.28. The van der Waals surface area contributed by atoms with Crippen LogP contribution in [0.5, 0.6) is 0 Å². The Kier molecular flexibility index (Phi) is 8.25. The van der Waals surface area contributed by atoms with E-state index in [0.29, 0.717) is 38.0 Å². The van der Waals surface area contributed by atoms with E-state index in [9.17, 15) is 12.8 Å². The molecule has 2 fully saturated rings. The van der Waals surface area contributed by atoms with Crippen molar-refractivity contribution in [2.24, 2.45) is 10.9 Å². The molecule has 0 saturated carbocycles. The fourth-order valence-electron chi connectivity index (χ4n) is 3.57. The number of aromatic nitrogens is 1. The molecule has 3 heterocycles. The van der Waals surface area contributed by atoms with Crippen LogP contribution >= 0.6 is 24.0 Å². The molecule has 0 aromatic carbocycles. The highest BCUT2D eigenvalue weighted by Crippen LogP contribution is 2.21. The monoisotopic (exact) mass is 526 g/mol. The van der Waals surface area contributed by atoms with E-state index in [-0.39, 0.29) is 41.8 Å². The fraction of sp³-hybridized carbons (Fsp3) is 0.647. The maximum absolute atomic E-state index is 13.9. The van der Waals surface area contributed by atoms with Crippen molar-refractivity contribution < 1.29 is 12.8 Å². The van der Waals surface area contributed by atoms with Crippen molar-refractivity contribution in [3.8, 4) is 0 Å². The molecular formula is C17H28FIN6O2S. The van der Waals surface area contributed by atoms with Gasteiger partial charge in [0.05, 0.1) is 6.26 Å². The Morgan fingerprint density at radius 1 is 1.36 bits per heavy atom. The number of hydrogen-bond acceptors (Lipinski definition) is 5. The summed E-state index contributed by atoms with van der Waals surface area (Å²) >= 11 is 0. The third-order valence-electron chi connectivity index (χ3n) is 5.07. The molecule has 2 atom stereocenters. The summed E-state index contributed by atoms with van der Waals surface area (Å²) < 4.78 is 38.6. The van der Waals surface area contributed by atoms with Crippen molar-refractivity contribution in [3.05, 3.63) is 24.1 Å². The zero-order chi connectivity index (χ0) is 19.4. The predicted molar refractivity (Wildman–Crippen MR) is 119 cm³/mol. The molecule has 2 unspecified atom stereocenters. The Balaban J connectivity index is 0.00000280. The zero-order valence-electron chi connectivity index (χ0n) is 16.1. The number of nitrogens with one attached hydrogen (secondary N) is 2. The third kappa shape index (κ3) is 5.89. The first kappa shape index (κ1) is 23.1. The minimum absolute atomic E-state index is 0. The van der Waals surface area contributed by atoms with E-state index < -0.39 is 10.0 Å². The first-order valence-corrected chi connectivity index (χ1v) is 11.0. The molecule has 2 aliphatic heterocycles. The van der Waals surface area contributed by atoms with Crippen molar-refractivity contribution in [1.29, 1.82) is 0 Å². The van der Waals surface area contributed by atoms with Gasteiger partial charge in [-0.3, -0.25) is 4.99 Å². The normalized spacial score (nSPS) is 23.5. The molecule has 1 aromatic rings. The Hall–Kier alpha value is -1.21. The first-order valence-electron chi connectivity index (χ1n) is 9.14. The summed E-state index contributed by atoms with van der Waals surface area (Å²) in [6.45, 7) is 3.16. The van der Waals surface area contributed by atoms with Crippen molar-refractivity contribution in [2.45, 2.75) is 18.9 Å². The van der Waals surface area contributed by atoms with Gasteiger partial charge in [0.1, 0.15) is 0 Å². The van der Waals surface area contributed by atoms with Gasteiger partial charge in [0, 0.05) is 52.0 Å². The highest BCUT2D eigenvalue weighted by Gasteiger charge is 2.29. The number of sulfonamides is 1. The molecule has 2 saturated heterocycles. The molecule has 1 aromatic heterocycles. The summed E-state index contributed by atoms with van der Waals surface area (Å²) in [5, 5.41) is 6.65. The summed E-state index contributed by atoms with van der Waals surface area (Å²) in [6, 6.07) is 3.16. The molecule has 0 radical (unpaired) electrons. The Morgan fingerprint density at radius 3 is 2.79 bits per heavy atom. The molecule has 0 spiro atoms. The smallest absolute Gasteiger partial charge is 0.211 e. The highest BCUT2D eigenvalue weighted by molar-refractivity contribution is 14.0. The number of pyridine rings is 1. The lowest BCUT2D eigenvalue weighted by molar-refractivity contribution is 0.458. The quantitative estimate of drug-likeness (QED) is 0.336. The van der Waals surface area contributed by atoms with Crippen molar-refractivity contribution in [1.82, 2.24) is 19.9 Å². The van der Waals surface area contributed by atoms with Crippen LogP contribution in [-0.2, 0) is 10.0 Å². The minimum Gasteiger partial charge on any atom is -0.356 e. The van der Waals surface area contributed by atoms with Gasteiger partial charge >= 0.3 is 0 Å².